The van der Waals surface area contributed by atoms with Crippen LogP contribution in [0.1, 0.15) is 22.3 Å². The lowest BCUT2D eigenvalue weighted by Gasteiger charge is -2.13. The number of hydrogen-bond donors (Lipinski definition) is 1. The summed E-state index contributed by atoms with van der Waals surface area (Å²) in [6, 6.07) is 11.3. The average molecular weight is 421 g/mol. The number of carbonyl (C=O) groups is 1. The number of hydrogen-bond acceptors (Lipinski definition) is 5. The minimum absolute atomic E-state index is 0.193. The van der Waals surface area contributed by atoms with Gasteiger partial charge in [-0.15, -0.1) is 11.3 Å². The van der Waals surface area contributed by atoms with Gasteiger partial charge in [-0.3, -0.25) is 4.79 Å². The van der Waals surface area contributed by atoms with Crippen LogP contribution in [-0.4, -0.2) is 24.6 Å². The summed E-state index contributed by atoms with van der Waals surface area (Å²) in [5.74, 6) is 0.912. The van der Waals surface area contributed by atoms with Gasteiger partial charge in [0.25, 0.3) is 5.91 Å². The maximum absolute atomic E-state index is 12.5. The average Bonchev–Trinajstić information content (AvgIpc) is 3.04. The van der Waals surface area contributed by atoms with Gasteiger partial charge in [0.15, 0.2) is 11.5 Å². The molecule has 0 bridgehead atoms. The lowest BCUT2D eigenvalue weighted by atomic mass is 10.2. The molecule has 0 radical (unpaired) electrons. The Labute approximate surface area is 158 Å². The summed E-state index contributed by atoms with van der Waals surface area (Å²) in [5, 5.41) is 3.77. The number of benzene rings is 2. The number of nitrogens with one attached hydrogen (secondary N) is 1. The van der Waals surface area contributed by atoms with E-state index in [4.69, 9.17) is 9.47 Å². The molecule has 0 fully saturated rings. The van der Waals surface area contributed by atoms with Crippen molar-refractivity contribution in [3.8, 4) is 11.5 Å². The molecule has 130 valence electrons. The number of fused-ring (bicyclic) bond motifs is 1. The highest BCUT2D eigenvalue weighted by Gasteiger charge is 2.15. The third-order valence-corrected chi connectivity index (χ3v) is 5.14. The number of rotatable bonds is 6. The maximum atomic E-state index is 12.5. The van der Waals surface area contributed by atoms with Crippen molar-refractivity contribution in [3.05, 3.63) is 51.4 Å². The summed E-state index contributed by atoms with van der Waals surface area (Å²) in [5.41, 5.74) is 1.44. The van der Waals surface area contributed by atoms with Crippen LogP contribution in [-0.2, 0) is 6.54 Å². The van der Waals surface area contributed by atoms with Crippen LogP contribution in [0.5, 0.6) is 11.5 Å². The second-order valence-corrected chi connectivity index (χ2v) is 7.15. The van der Waals surface area contributed by atoms with Gasteiger partial charge in [-0.2, -0.15) is 0 Å². The molecule has 1 aromatic heterocycles. The molecular weight excluding hydrogens is 404 g/mol. The number of nitrogens with zero attached hydrogens (tertiary/aromatic N) is 1. The van der Waals surface area contributed by atoms with E-state index in [0.29, 0.717) is 34.7 Å². The summed E-state index contributed by atoms with van der Waals surface area (Å²) >= 11 is 5.01. The second kappa shape index (κ2) is 7.84. The lowest BCUT2D eigenvalue weighted by molar-refractivity contribution is 0.0950. The predicted octanol–water partition coefficient (Wildman–Crippen LogP) is 4.40. The normalized spacial score (nSPS) is 10.7. The molecule has 1 amide bonds. The third-order valence-electron chi connectivity index (χ3n) is 3.52. The Kier molecular flexibility index (Phi) is 5.55. The number of thiazole rings is 1. The molecule has 0 aliphatic rings. The number of amides is 1. The Bertz CT molecular complexity index is 877. The van der Waals surface area contributed by atoms with Crippen LogP contribution in [0.2, 0.25) is 0 Å². The molecule has 0 aliphatic carbocycles. The Morgan fingerprint density at radius 2 is 2.12 bits per heavy atom. The number of ether oxygens (including phenoxy) is 2. The van der Waals surface area contributed by atoms with Crippen LogP contribution < -0.4 is 14.8 Å². The molecule has 1 N–H and O–H groups in total. The zero-order chi connectivity index (χ0) is 17.8. The van der Waals surface area contributed by atoms with Gasteiger partial charge in [0.2, 0.25) is 0 Å². The molecule has 0 atom stereocenters. The maximum Gasteiger partial charge on any atom is 0.251 e. The number of aromatic nitrogens is 1. The smallest absolute Gasteiger partial charge is 0.251 e. The summed E-state index contributed by atoms with van der Waals surface area (Å²) in [7, 11) is 1.55. The molecule has 5 nitrogen and oxygen atoms in total. The van der Waals surface area contributed by atoms with E-state index in [9.17, 15) is 4.79 Å². The topological polar surface area (TPSA) is 60.5 Å². The van der Waals surface area contributed by atoms with Crippen molar-refractivity contribution < 1.29 is 14.3 Å². The monoisotopic (exact) mass is 420 g/mol. The summed E-state index contributed by atoms with van der Waals surface area (Å²) in [6.07, 6.45) is 0. The van der Waals surface area contributed by atoms with Gasteiger partial charge in [-0.25, -0.2) is 4.98 Å². The molecule has 25 heavy (non-hydrogen) atoms. The van der Waals surface area contributed by atoms with Crippen LogP contribution in [0.25, 0.3) is 10.2 Å². The largest absolute Gasteiger partial charge is 0.493 e. The van der Waals surface area contributed by atoms with Crippen molar-refractivity contribution in [3.63, 3.8) is 0 Å². The fourth-order valence-electron chi connectivity index (χ4n) is 2.39. The van der Waals surface area contributed by atoms with E-state index in [1.807, 2.05) is 31.2 Å². The van der Waals surface area contributed by atoms with Crippen LogP contribution in [0, 0.1) is 0 Å². The third kappa shape index (κ3) is 3.93. The molecule has 0 saturated heterocycles. The highest BCUT2D eigenvalue weighted by molar-refractivity contribution is 9.10. The molecule has 7 heteroatoms. The van der Waals surface area contributed by atoms with E-state index >= 15 is 0 Å². The number of halogens is 1. The lowest BCUT2D eigenvalue weighted by Crippen LogP contribution is -2.22. The Balaban J connectivity index is 1.75. The van der Waals surface area contributed by atoms with Gasteiger partial charge in [0, 0.05) is 5.56 Å². The Hall–Kier alpha value is -2.12. The van der Waals surface area contributed by atoms with Crippen LogP contribution >= 0.6 is 27.3 Å². The molecule has 2 aromatic carbocycles. The van der Waals surface area contributed by atoms with Gasteiger partial charge >= 0.3 is 0 Å². The first-order valence-electron chi connectivity index (χ1n) is 7.75. The van der Waals surface area contributed by atoms with Crippen molar-refractivity contribution >= 4 is 43.4 Å². The van der Waals surface area contributed by atoms with Crippen molar-refractivity contribution in [2.24, 2.45) is 0 Å². The predicted molar refractivity (Wildman–Crippen MR) is 103 cm³/mol. The molecule has 0 spiro atoms. The first-order chi connectivity index (χ1) is 12.1. The van der Waals surface area contributed by atoms with Crippen molar-refractivity contribution in [2.75, 3.05) is 13.7 Å². The van der Waals surface area contributed by atoms with E-state index in [-0.39, 0.29) is 5.91 Å². The summed E-state index contributed by atoms with van der Waals surface area (Å²) in [6.45, 7) is 2.79. The Morgan fingerprint density at radius 1 is 1.32 bits per heavy atom. The number of methoxy groups -OCH3 is 1. The first-order valence-corrected chi connectivity index (χ1v) is 9.36. The SMILES string of the molecule is CCOc1c(Br)cc(C(=O)NCc2nc3ccccc3s2)cc1OC. The first kappa shape index (κ1) is 17.7. The molecule has 3 rings (SSSR count). The molecule has 0 aliphatic heterocycles. The fourth-order valence-corrected chi connectivity index (χ4v) is 3.85. The Morgan fingerprint density at radius 3 is 2.84 bits per heavy atom. The van der Waals surface area contributed by atoms with E-state index in [1.165, 1.54) is 0 Å². The van der Waals surface area contributed by atoms with Crippen molar-refractivity contribution in [1.29, 1.82) is 0 Å². The molecule has 0 saturated carbocycles. The van der Waals surface area contributed by atoms with Gasteiger partial charge in [-0.1, -0.05) is 12.1 Å². The van der Waals surface area contributed by atoms with Crippen LogP contribution in [0.4, 0.5) is 0 Å². The van der Waals surface area contributed by atoms with Crippen LogP contribution in [0.15, 0.2) is 40.9 Å². The highest BCUT2D eigenvalue weighted by Crippen LogP contribution is 2.36. The summed E-state index contributed by atoms with van der Waals surface area (Å²) < 4.78 is 12.7. The number of carbonyl (C=O) groups excluding carboxylic acids is 1. The van der Waals surface area contributed by atoms with E-state index < -0.39 is 0 Å². The molecule has 0 unspecified atom stereocenters. The quantitative estimate of drug-likeness (QED) is 0.641. The van der Waals surface area contributed by atoms with Gasteiger partial charge in [-0.05, 0) is 47.1 Å². The van der Waals surface area contributed by atoms with Gasteiger partial charge in [0.05, 0.1) is 35.0 Å². The standard InChI is InChI=1S/C18H17BrN2O3S/c1-3-24-17-12(19)8-11(9-14(17)23-2)18(22)20-10-16-21-13-6-4-5-7-15(13)25-16/h4-9H,3,10H2,1-2H3,(H,20,22). The van der Waals surface area contributed by atoms with Crippen LogP contribution in [0.3, 0.4) is 0 Å². The van der Waals surface area contributed by atoms with Gasteiger partial charge in [0.1, 0.15) is 5.01 Å². The second-order valence-electron chi connectivity index (χ2n) is 5.18. The van der Waals surface area contributed by atoms with Crippen molar-refractivity contribution in [1.82, 2.24) is 10.3 Å². The van der Waals surface area contributed by atoms with Gasteiger partial charge < -0.3 is 14.8 Å². The minimum Gasteiger partial charge on any atom is -0.493 e. The van der Waals surface area contributed by atoms with E-state index in [0.717, 1.165) is 15.2 Å². The zero-order valence-electron chi connectivity index (χ0n) is 13.8. The molecular formula is C18H17BrN2O3S. The minimum atomic E-state index is -0.193. The molecule has 1 heterocycles. The van der Waals surface area contributed by atoms with E-state index in [2.05, 4.69) is 26.2 Å². The zero-order valence-corrected chi connectivity index (χ0v) is 16.2. The summed E-state index contributed by atoms with van der Waals surface area (Å²) in [4.78, 5) is 17.0. The fraction of sp³-hybridized carbons (Fsp3) is 0.222. The number of para-hydroxylation sites is 1. The molecule has 3 aromatic rings. The van der Waals surface area contributed by atoms with Crippen molar-refractivity contribution in [2.45, 2.75) is 13.5 Å². The van der Waals surface area contributed by atoms with E-state index in [1.54, 1.807) is 30.6 Å². The highest BCUT2D eigenvalue weighted by atomic mass is 79.9.